The molecule has 3 aromatic heterocycles. The highest BCUT2D eigenvalue weighted by Crippen LogP contribution is 1.97. The summed E-state index contributed by atoms with van der Waals surface area (Å²) in [6.07, 6.45) is 2.50. The summed E-state index contributed by atoms with van der Waals surface area (Å²) in [7, 11) is 0. The molecule has 0 bridgehead atoms. The molecule has 3 heterocycles. The Hall–Kier alpha value is -4.77. The van der Waals surface area contributed by atoms with Crippen molar-refractivity contribution in [2.24, 2.45) is 0 Å². The van der Waals surface area contributed by atoms with Gasteiger partial charge in [-0.05, 0) is 0 Å². The molecule has 3 rings (SSSR count). The van der Waals surface area contributed by atoms with Gasteiger partial charge in [0.2, 0.25) is 17.8 Å². The summed E-state index contributed by atoms with van der Waals surface area (Å²) in [5.74, 6) is 0.125. The first-order chi connectivity index (χ1) is 15.4. The van der Waals surface area contributed by atoms with E-state index in [0.29, 0.717) is 0 Å². The molecule has 12 N–H and O–H groups in total. The molecule has 3 aromatic rings. The summed E-state index contributed by atoms with van der Waals surface area (Å²) in [5.41, 5.74) is 10.6. The van der Waals surface area contributed by atoms with Gasteiger partial charge >= 0.3 is 34.1 Å². The van der Waals surface area contributed by atoms with Crippen LogP contribution in [0.4, 0.5) is 17.8 Å². The predicted octanol–water partition coefficient (Wildman–Crippen LogP) is -3.05. The van der Waals surface area contributed by atoms with Crippen LogP contribution in [-0.4, -0.2) is 44.9 Å². The smallest absolute Gasteiger partial charge is 0.330 e. The van der Waals surface area contributed by atoms with E-state index in [9.17, 15) is 28.8 Å². The molecule has 0 spiro atoms. The Morgan fingerprint density at radius 2 is 0.576 bits per heavy atom. The van der Waals surface area contributed by atoms with Crippen LogP contribution in [0.2, 0.25) is 0 Å². The second-order valence-corrected chi connectivity index (χ2v) is 5.55. The number of H-pyrrole nitrogens is 6. The fraction of sp³-hybridized carbons (Fsp3) is 0.400. The summed E-state index contributed by atoms with van der Waals surface area (Å²) in [5, 5.41) is 0. The lowest BCUT2D eigenvalue weighted by atomic mass is 10.6. The second kappa shape index (κ2) is 17.0. The van der Waals surface area contributed by atoms with Crippen molar-refractivity contribution in [1.82, 2.24) is 44.9 Å². The molecule has 184 valence electrons. The van der Waals surface area contributed by atoms with Crippen molar-refractivity contribution < 1.29 is 0 Å². The first-order valence-electron chi connectivity index (χ1n) is 9.26. The third kappa shape index (κ3) is 17.8. The largest absolute Gasteiger partial charge is 0.368 e. The summed E-state index contributed by atoms with van der Waals surface area (Å²) in [4.78, 5) is 82.3. The van der Waals surface area contributed by atoms with E-state index in [1.807, 2.05) is 0 Å². The molecule has 0 aromatic carbocycles. The van der Waals surface area contributed by atoms with E-state index < -0.39 is 34.1 Å². The molecule has 0 saturated heterocycles. The van der Waals surface area contributed by atoms with Gasteiger partial charge in [-0.15, -0.1) is 0 Å². The fourth-order valence-corrected chi connectivity index (χ4v) is 1.23. The van der Waals surface area contributed by atoms with Gasteiger partial charge in [-0.25, -0.2) is 28.8 Å². The quantitative estimate of drug-likeness (QED) is 0.157. The number of nitrogen functional groups attached to an aromatic ring is 3. The molecule has 0 radical (unpaired) electrons. The first kappa shape index (κ1) is 30.4. The van der Waals surface area contributed by atoms with Crippen LogP contribution < -0.4 is 51.3 Å². The number of rotatable bonds is 0. The normalized spacial score (nSPS) is 8.73. The maximum Gasteiger partial charge on any atom is 0.330 e. The molecule has 0 aliphatic carbocycles. The highest BCUT2D eigenvalue weighted by Gasteiger charge is 1.93. The molecule has 0 fully saturated rings. The van der Waals surface area contributed by atoms with Crippen LogP contribution in [0.3, 0.4) is 0 Å². The summed E-state index contributed by atoms with van der Waals surface area (Å²) >= 11 is 0. The van der Waals surface area contributed by atoms with E-state index in [-0.39, 0.29) is 17.8 Å². The van der Waals surface area contributed by atoms with Crippen molar-refractivity contribution >= 4 is 17.8 Å². The van der Waals surface area contributed by atoms with Crippen LogP contribution in [0.25, 0.3) is 0 Å². The van der Waals surface area contributed by atoms with Crippen molar-refractivity contribution in [3.8, 4) is 0 Å². The van der Waals surface area contributed by atoms with E-state index >= 15 is 0 Å². The highest BCUT2D eigenvalue weighted by molar-refractivity contribution is 5.33. The average molecular weight is 472 g/mol. The Balaban J connectivity index is 0. The van der Waals surface area contributed by atoms with Gasteiger partial charge in [0.1, 0.15) is 0 Å². The molecule has 33 heavy (non-hydrogen) atoms. The summed E-state index contributed by atoms with van der Waals surface area (Å²) in [6, 6.07) is 0. The Kier molecular flexibility index (Phi) is 15.6. The monoisotopic (exact) mass is 472 g/mol. The number of aromatic amines is 6. The van der Waals surface area contributed by atoms with Crippen LogP contribution in [0.5, 0.6) is 0 Å². The highest BCUT2D eigenvalue weighted by atomic mass is 16.2. The molecule has 0 saturated carbocycles. The zero-order chi connectivity index (χ0) is 26.0. The van der Waals surface area contributed by atoms with Gasteiger partial charge in [0.15, 0.2) is 0 Å². The average Bonchev–Trinajstić information content (AvgIpc) is 2.60. The SMILES string of the molecule is CCC.CCC.Nc1nc(N)nc(N)n1.O=c1[nH]c(=O)[nH]c(=O)[nH]1.O=c1[nH]c(=O)[nH]c(=O)[nH]1. The minimum atomic E-state index is -0.802. The van der Waals surface area contributed by atoms with Crippen LogP contribution in [0.1, 0.15) is 40.5 Å². The Morgan fingerprint density at radius 3 is 0.697 bits per heavy atom. The van der Waals surface area contributed by atoms with Crippen molar-refractivity contribution in [3.05, 3.63) is 62.9 Å². The molecule has 0 aliphatic heterocycles. The van der Waals surface area contributed by atoms with Crippen molar-refractivity contribution in [2.75, 3.05) is 17.2 Å². The number of hydrogen-bond acceptors (Lipinski definition) is 12. The van der Waals surface area contributed by atoms with E-state index in [1.54, 1.807) is 29.9 Å². The van der Waals surface area contributed by atoms with Gasteiger partial charge in [0.05, 0.1) is 0 Å². The van der Waals surface area contributed by atoms with E-state index in [1.165, 1.54) is 12.8 Å². The zero-order valence-corrected chi connectivity index (χ0v) is 18.4. The van der Waals surface area contributed by atoms with Crippen molar-refractivity contribution in [1.29, 1.82) is 0 Å². The van der Waals surface area contributed by atoms with Crippen LogP contribution in [-0.2, 0) is 0 Å². The number of nitrogens with two attached hydrogens (primary N) is 3. The van der Waals surface area contributed by atoms with E-state index in [2.05, 4.69) is 42.6 Å². The number of nitrogens with one attached hydrogen (secondary N) is 6. The molecular formula is C15H28N12O6. The van der Waals surface area contributed by atoms with Gasteiger partial charge < -0.3 is 17.2 Å². The Labute approximate surface area is 184 Å². The van der Waals surface area contributed by atoms with Crippen molar-refractivity contribution in [2.45, 2.75) is 40.5 Å². The molecule has 0 unspecified atom stereocenters. The number of anilines is 3. The van der Waals surface area contributed by atoms with Crippen LogP contribution in [0.15, 0.2) is 28.8 Å². The fourth-order valence-electron chi connectivity index (χ4n) is 1.23. The Bertz CT molecular complexity index is 999. The number of nitrogens with zero attached hydrogens (tertiary/aromatic N) is 3. The van der Waals surface area contributed by atoms with Crippen LogP contribution >= 0.6 is 0 Å². The second-order valence-electron chi connectivity index (χ2n) is 5.55. The number of hydrogen-bond donors (Lipinski definition) is 9. The van der Waals surface area contributed by atoms with Gasteiger partial charge in [0.25, 0.3) is 0 Å². The maximum absolute atomic E-state index is 10.2. The van der Waals surface area contributed by atoms with E-state index in [0.717, 1.165) is 0 Å². The maximum atomic E-state index is 10.2. The lowest BCUT2D eigenvalue weighted by Crippen LogP contribution is -2.34. The third-order valence-electron chi connectivity index (χ3n) is 2.05. The first-order valence-corrected chi connectivity index (χ1v) is 9.26. The molecular weight excluding hydrogens is 444 g/mol. The molecule has 18 heteroatoms. The predicted molar refractivity (Wildman–Crippen MR) is 122 cm³/mol. The molecule has 18 nitrogen and oxygen atoms in total. The topological polar surface area (TPSA) is 314 Å². The van der Waals surface area contributed by atoms with Gasteiger partial charge in [0, 0.05) is 0 Å². The minimum Gasteiger partial charge on any atom is -0.368 e. The van der Waals surface area contributed by atoms with Gasteiger partial charge in [-0.3, -0.25) is 29.9 Å². The third-order valence-corrected chi connectivity index (χ3v) is 2.05. The Morgan fingerprint density at radius 1 is 0.455 bits per heavy atom. The zero-order valence-electron chi connectivity index (χ0n) is 18.4. The summed E-state index contributed by atoms with van der Waals surface area (Å²) in [6.45, 7) is 8.50. The number of aromatic nitrogens is 9. The molecule has 0 atom stereocenters. The van der Waals surface area contributed by atoms with Gasteiger partial charge in [-0.2, -0.15) is 15.0 Å². The lowest BCUT2D eigenvalue weighted by Gasteiger charge is -1.93. The van der Waals surface area contributed by atoms with Gasteiger partial charge in [-0.1, -0.05) is 40.5 Å². The van der Waals surface area contributed by atoms with E-state index in [4.69, 9.17) is 17.2 Å². The minimum absolute atomic E-state index is 0.0417. The summed E-state index contributed by atoms with van der Waals surface area (Å²) < 4.78 is 0. The van der Waals surface area contributed by atoms with Crippen molar-refractivity contribution in [3.63, 3.8) is 0 Å². The standard InChI is InChI=1S/C3H6N6.2C3H3N3O3.2C3H8/c4-1-7-2(5)9-3(6)8-1;2*7-1-4-2(8)6-3(9)5-1;2*1-3-2/h(H6,4,5,6,7,8,9);2*(H3,4,5,6,7,8,9);2*3H2,1-2H3. The molecule has 0 aliphatic rings. The lowest BCUT2D eigenvalue weighted by molar-refractivity contribution is 0.887. The molecule has 0 amide bonds. The van der Waals surface area contributed by atoms with Crippen LogP contribution in [0, 0.1) is 0 Å².